The predicted molar refractivity (Wildman–Crippen MR) is 100.0 cm³/mol. The smallest absolute Gasteiger partial charge is 0.338 e. The van der Waals surface area contributed by atoms with Gasteiger partial charge in [-0.1, -0.05) is 12.1 Å². The van der Waals surface area contributed by atoms with Crippen LogP contribution in [0.25, 0.3) is 0 Å². The first-order valence-electron chi connectivity index (χ1n) is 8.25. The van der Waals surface area contributed by atoms with E-state index in [0.717, 1.165) is 17.1 Å². The molecule has 0 radical (unpaired) electrons. The van der Waals surface area contributed by atoms with Crippen LogP contribution in [0.4, 0.5) is 11.4 Å². The lowest BCUT2D eigenvalue weighted by atomic mass is 10.2. The van der Waals surface area contributed by atoms with Gasteiger partial charge in [0.2, 0.25) is 0 Å². The van der Waals surface area contributed by atoms with Crippen LogP contribution in [0.15, 0.2) is 60.7 Å². The number of methoxy groups -OCH3 is 1. The van der Waals surface area contributed by atoms with Gasteiger partial charge in [0, 0.05) is 23.9 Å². The summed E-state index contributed by atoms with van der Waals surface area (Å²) in [6, 6.07) is 12.6. The molecule has 1 heterocycles. The van der Waals surface area contributed by atoms with Crippen molar-refractivity contribution in [2.45, 2.75) is 0 Å². The highest BCUT2D eigenvalue weighted by Crippen LogP contribution is 2.21. The number of nitrogens with one attached hydrogen (secondary N) is 1. The Kier molecular flexibility index (Phi) is 5.50. The average Bonchev–Trinajstić information content (AvgIpc) is 3.04. The number of carbonyl (C=O) groups excluding carboxylic acids is 4. The van der Waals surface area contributed by atoms with Crippen molar-refractivity contribution in [1.82, 2.24) is 0 Å². The van der Waals surface area contributed by atoms with E-state index >= 15 is 0 Å². The molecule has 0 aromatic heterocycles. The maximum Gasteiger partial charge on any atom is 0.338 e. The molecule has 2 aromatic rings. The van der Waals surface area contributed by atoms with Crippen LogP contribution in [0, 0.1) is 0 Å². The quantitative estimate of drug-likeness (QED) is 0.607. The Balaban J connectivity index is 1.60. The molecule has 0 bridgehead atoms. The van der Waals surface area contributed by atoms with Crippen molar-refractivity contribution in [3.63, 3.8) is 0 Å². The lowest BCUT2D eigenvalue weighted by molar-refractivity contribution is -0.120. The molecule has 8 nitrogen and oxygen atoms in total. The number of anilines is 2. The van der Waals surface area contributed by atoms with Crippen LogP contribution in [-0.2, 0) is 19.1 Å². The minimum atomic E-state index is -0.755. The van der Waals surface area contributed by atoms with E-state index in [1.54, 1.807) is 24.3 Å². The third kappa shape index (κ3) is 4.24. The van der Waals surface area contributed by atoms with E-state index in [2.05, 4.69) is 5.32 Å². The van der Waals surface area contributed by atoms with E-state index in [9.17, 15) is 19.2 Å². The maximum absolute atomic E-state index is 12.2. The fourth-order valence-corrected chi connectivity index (χ4v) is 2.54. The largest absolute Gasteiger partial charge is 0.497 e. The lowest BCUT2D eigenvalue weighted by Crippen LogP contribution is -2.29. The van der Waals surface area contributed by atoms with E-state index in [-0.39, 0.29) is 11.3 Å². The average molecular weight is 380 g/mol. The first-order valence-corrected chi connectivity index (χ1v) is 8.25. The van der Waals surface area contributed by atoms with Gasteiger partial charge in [0.05, 0.1) is 18.4 Å². The zero-order valence-corrected chi connectivity index (χ0v) is 14.9. The van der Waals surface area contributed by atoms with Crippen LogP contribution in [0.2, 0.25) is 0 Å². The zero-order valence-electron chi connectivity index (χ0n) is 14.9. The SMILES string of the molecule is COc1cccc(NC(=O)COC(=O)c2cccc(N3C(=O)C=CC3=O)c2)c1. The molecule has 0 atom stereocenters. The molecule has 28 heavy (non-hydrogen) atoms. The molecular weight excluding hydrogens is 364 g/mol. The molecule has 0 unspecified atom stereocenters. The van der Waals surface area contributed by atoms with Gasteiger partial charge in [-0.3, -0.25) is 14.4 Å². The topological polar surface area (TPSA) is 102 Å². The normalized spacial score (nSPS) is 12.8. The van der Waals surface area contributed by atoms with E-state index < -0.39 is 30.3 Å². The number of hydrogen-bond donors (Lipinski definition) is 1. The molecule has 1 aliphatic rings. The molecule has 8 heteroatoms. The number of hydrogen-bond acceptors (Lipinski definition) is 6. The summed E-state index contributed by atoms with van der Waals surface area (Å²) in [6.07, 6.45) is 2.30. The van der Waals surface area contributed by atoms with Gasteiger partial charge >= 0.3 is 5.97 Å². The van der Waals surface area contributed by atoms with Crippen molar-refractivity contribution < 1.29 is 28.7 Å². The van der Waals surface area contributed by atoms with Crippen LogP contribution in [0.1, 0.15) is 10.4 Å². The number of rotatable bonds is 6. The summed E-state index contributed by atoms with van der Waals surface area (Å²) in [5, 5.41) is 2.59. The second kappa shape index (κ2) is 8.17. The number of carbonyl (C=O) groups is 4. The summed E-state index contributed by atoms with van der Waals surface area (Å²) in [4.78, 5) is 48.6. The van der Waals surface area contributed by atoms with Crippen LogP contribution < -0.4 is 15.0 Å². The Morgan fingerprint density at radius 3 is 2.43 bits per heavy atom. The van der Waals surface area contributed by atoms with Gasteiger partial charge in [0.1, 0.15) is 5.75 Å². The highest BCUT2D eigenvalue weighted by atomic mass is 16.5. The summed E-state index contributed by atoms with van der Waals surface area (Å²) >= 11 is 0. The van der Waals surface area contributed by atoms with Gasteiger partial charge < -0.3 is 14.8 Å². The zero-order chi connectivity index (χ0) is 20.1. The lowest BCUT2D eigenvalue weighted by Gasteiger charge is -2.14. The summed E-state index contributed by atoms with van der Waals surface area (Å²) in [7, 11) is 1.51. The van der Waals surface area contributed by atoms with E-state index in [4.69, 9.17) is 9.47 Å². The van der Waals surface area contributed by atoms with Crippen molar-refractivity contribution in [3.05, 3.63) is 66.2 Å². The van der Waals surface area contributed by atoms with Gasteiger partial charge in [-0.15, -0.1) is 0 Å². The van der Waals surface area contributed by atoms with Crippen LogP contribution >= 0.6 is 0 Å². The standard InChI is InChI=1S/C20H16N2O6/c1-27-16-7-3-5-14(11-16)21-17(23)12-28-20(26)13-4-2-6-15(10-13)22-18(24)8-9-19(22)25/h2-11H,12H2,1H3,(H,21,23). The monoisotopic (exact) mass is 380 g/mol. The highest BCUT2D eigenvalue weighted by molar-refractivity contribution is 6.28. The Hall–Kier alpha value is -3.94. The summed E-state index contributed by atoms with van der Waals surface area (Å²) in [5.74, 6) is -1.69. The third-order valence-corrected chi connectivity index (χ3v) is 3.84. The molecule has 0 fully saturated rings. The van der Waals surface area contributed by atoms with Crippen molar-refractivity contribution in [3.8, 4) is 5.75 Å². The molecule has 2 aromatic carbocycles. The van der Waals surface area contributed by atoms with E-state index in [0.29, 0.717) is 11.4 Å². The first kappa shape index (κ1) is 18.8. The molecule has 0 saturated heterocycles. The Labute approximate surface area is 160 Å². The molecule has 142 valence electrons. The molecular formula is C20H16N2O6. The number of imide groups is 1. The predicted octanol–water partition coefficient (Wildman–Crippen LogP) is 1.92. The van der Waals surface area contributed by atoms with Gasteiger partial charge in [0.25, 0.3) is 17.7 Å². The molecule has 1 aliphatic heterocycles. The van der Waals surface area contributed by atoms with Crippen LogP contribution in [0.5, 0.6) is 5.75 Å². The summed E-state index contributed by atoms with van der Waals surface area (Å²) in [5.41, 5.74) is 0.857. The molecule has 0 saturated carbocycles. The Bertz CT molecular complexity index is 964. The minimum Gasteiger partial charge on any atom is -0.497 e. The van der Waals surface area contributed by atoms with Gasteiger partial charge in [-0.2, -0.15) is 0 Å². The highest BCUT2D eigenvalue weighted by Gasteiger charge is 2.25. The fraction of sp³-hybridized carbons (Fsp3) is 0.100. The number of amides is 3. The second-order valence-electron chi connectivity index (χ2n) is 5.75. The third-order valence-electron chi connectivity index (χ3n) is 3.84. The Morgan fingerprint density at radius 2 is 1.71 bits per heavy atom. The molecule has 0 aliphatic carbocycles. The number of nitrogens with zero attached hydrogens (tertiary/aromatic N) is 1. The van der Waals surface area contributed by atoms with Crippen molar-refractivity contribution in [1.29, 1.82) is 0 Å². The summed E-state index contributed by atoms with van der Waals surface area (Å²) < 4.78 is 10.1. The van der Waals surface area contributed by atoms with Gasteiger partial charge in [0.15, 0.2) is 6.61 Å². The molecule has 0 spiro atoms. The fourth-order valence-electron chi connectivity index (χ4n) is 2.54. The molecule has 3 amide bonds. The first-order chi connectivity index (χ1) is 13.5. The molecule has 3 rings (SSSR count). The van der Waals surface area contributed by atoms with E-state index in [1.807, 2.05) is 0 Å². The maximum atomic E-state index is 12.2. The van der Waals surface area contributed by atoms with Crippen molar-refractivity contribution in [2.24, 2.45) is 0 Å². The second-order valence-corrected chi connectivity index (χ2v) is 5.75. The van der Waals surface area contributed by atoms with Gasteiger partial charge in [-0.05, 0) is 30.3 Å². The van der Waals surface area contributed by atoms with Crippen LogP contribution in [-0.4, -0.2) is 37.4 Å². The van der Waals surface area contributed by atoms with Crippen LogP contribution in [0.3, 0.4) is 0 Å². The van der Waals surface area contributed by atoms with Gasteiger partial charge in [-0.25, -0.2) is 9.69 Å². The summed E-state index contributed by atoms with van der Waals surface area (Å²) in [6.45, 7) is -0.497. The number of esters is 1. The van der Waals surface area contributed by atoms with Crippen molar-refractivity contribution >= 4 is 35.1 Å². The minimum absolute atomic E-state index is 0.110. The molecule has 1 N–H and O–H groups in total. The number of ether oxygens (including phenoxy) is 2. The number of benzene rings is 2. The van der Waals surface area contributed by atoms with Crippen molar-refractivity contribution in [2.75, 3.05) is 23.9 Å². The van der Waals surface area contributed by atoms with E-state index in [1.165, 1.54) is 31.4 Å². The Morgan fingerprint density at radius 1 is 1.00 bits per heavy atom.